The van der Waals surface area contributed by atoms with Crippen LogP contribution in [0, 0.1) is 0 Å². The Morgan fingerprint density at radius 1 is 1.28 bits per heavy atom. The topological polar surface area (TPSA) is 105 Å². The standard InChI is InChI=1S/C20H26ClF3N6O2/c1-20(2,32)16(22)10-26-18(31)13-8-25-17(21)7-14(13)28-12-5-3-11(4-6-12)15-9-27-30(29-15)19(23)24/h7-9,11-12,16,19,32H,3-6,10H2,1-2H3,(H,25,28)(H,26,31)/t11-,12-,16?. The molecule has 0 spiro atoms. The van der Waals surface area contributed by atoms with Gasteiger partial charge in [-0.15, -0.1) is 4.80 Å². The highest BCUT2D eigenvalue weighted by Gasteiger charge is 2.28. The summed E-state index contributed by atoms with van der Waals surface area (Å²) in [6.45, 7) is -0.468. The maximum atomic E-state index is 14.0. The zero-order valence-corrected chi connectivity index (χ0v) is 18.5. The normalized spacial score (nSPS) is 20.2. The van der Waals surface area contributed by atoms with Gasteiger partial charge in [0.25, 0.3) is 5.91 Å². The number of carbonyl (C=O) groups is 1. The largest absolute Gasteiger partial charge is 0.387 e. The summed E-state index contributed by atoms with van der Waals surface area (Å²) >= 11 is 6.00. The van der Waals surface area contributed by atoms with Crippen molar-refractivity contribution in [3.05, 3.63) is 34.9 Å². The van der Waals surface area contributed by atoms with Crippen molar-refractivity contribution in [3.8, 4) is 0 Å². The number of nitrogens with zero attached hydrogens (tertiary/aromatic N) is 4. The molecule has 0 saturated heterocycles. The van der Waals surface area contributed by atoms with Crippen molar-refractivity contribution in [3.63, 3.8) is 0 Å². The smallest absolute Gasteiger partial charge is 0.348 e. The van der Waals surface area contributed by atoms with Gasteiger partial charge in [-0.25, -0.2) is 9.37 Å². The van der Waals surface area contributed by atoms with Gasteiger partial charge in [0, 0.05) is 18.2 Å². The average molecular weight is 475 g/mol. The number of carbonyl (C=O) groups excluding carboxylic acids is 1. The third-order valence-electron chi connectivity index (χ3n) is 5.53. The van der Waals surface area contributed by atoms with Gasteiger partial charge in [0.2, 0.25) is 0 Å². The maximum absolute atomic E-state index is 14.0. The lowest BCUT2D eigenvalue weighted by atomic mass is 9.84. The zero-order valence-electron chi connectivity index (χ0n) is 17.7. The molecular formula is C20H26ClF3N6O2. The number of aliphatic hydroxyl groups is 1. The van der Waals surface area contributed by atoms with Gasteiger partial charge < -0.3 is 15.7 Å². The Morgan fingerprint density at radius 2 is 1.97 bits per heavy atom. The van der Waals surface area contributed by atoms with E-state index in [0.717, 1.165) is 25.7 Å². The SMILES string of the molecule is CC(C)(O)C(F)CNC(=O)c1cnc(Cl)cc1N[C@H]1CC[C@H](c2cnn(C(F)F)n2)CC1. The van der Waals surface area contributed by atoms with Gasteiger partial charge in [0.15, 0.2) is 0 Å². The minimum absolute atomic E-state index is 0.0201. The second kappa shape index (κ2) is 10.0. The van der Waals surface area contributed by atoms with Crippen LogP contribution in [0.15, 0.2) is 18.5 Å². The molecular weight excluding hydrogens is 449 g/mol. The molecule has 8 nitrogen and oxygen atoms in total. The highest BCUT2D eigenvalue weighted by Crippen LogP contribution is 2.34. The predicted molar refractivity (Wildman–Crippen MR) is 113 cm³/mol. The van der Waals surface area contributed by atoms with Crippen LogP contribution in [0.1, 0.15) is 68.0 Å². The van der Waals surface area contributed by atoms with E-state index in [1.54, 1.807) is 0 Å². The summed E-state index contributed by atoms with van der Waals surface area (Å²) in [5, 5.41) is 23.1. The van der Waals surface area contributed by atoms with Gasteiger partial charge in [-0.05, 0) is 45.6 Å². The van der Waals surface area contributed by atoms with E-state index in [0.29, 0.717) is 16.2 Å². The fourth-order valence-electron chi connectivity index (χ4n) is 3.58. The zero-order chi connectivity index (χ0) is 23.5. The molecule has 1 aliphatic carbocycles. The molecule has 2 aromatic rings. The molecule has 1 amide bonds. The molecule has 3 N–H and O–H groups in total. The fourth-order valence-corrected chi connectivity index (χ4v) is 3.74. The second-order valence-electron chi connectivity index (χ2n) is 8.44. The summed E-state index contributed by atoms with van der Waals surface area (Å²) in [5.41, 5.74) is -0.359. The molecule has 1 aliphatic rings. The highest BCUT2D eigenvalue weighted by atomic mass is 35.5. The van der Waals surface area contributed by atoms with E-state index >= 15 is 0 Å². The van der Waals surface area contributed by atoms with E-state index in [1.807, 2.05) is 0 Å². The molecule has 1 saturated carbocycles. The number of pyridine rings is 1. The van der Waals surface area contributed by atoms with Crippen LogP contribution < -0.4 is 10.6 Å². The van der Waals surface area contributed by atoms with Gasteiger partial charge in [0.05, 0.1) is 35.3 Å². The quantitative estimate of drug-likeness (QED) is 0.504. The molecule has 1 unspecified atom stereocenters. The molecule has 32 heavy (non-hydrogen) atoms. The lowest BCUT2D eigenvalue weighted by Gasteiger charge is -2.29. The first-order valence-corrected chi connectivity index (χ1v) is 10.7. The van der Waals surface area contributed by atoms with Gasteiger partial charge >= 0.3 is 6.55 Å². The third-order valence-corrected chi connectivity index (χ3v) is 5.74. The van der Waals surface area contributed by atoms with Crippen LogP contribution in [0.4, 0.5) is 18.9 Å². The number of hydrogen-bond donors (Lipinski definition) is 3. The van der Waals surface area contributed by atoms with Crippen molar-refractivity contribution in [1.29, 1.82) is 0 Å². The number of halogens is 4. The van der Waals surface area contributed by atoms with Crippen molar-refractivity contribution in [2.75, 3.05) is 11.9 Å². The van der Waals surface area contributed by atoms with Crippen LogP contribution in [-0.4, -0.2) is 55.4 Å². The minimum atomic E-state index is -2.76. The summed E-state index contributed by atoms with van der Waals surface area (Å²) in [5.74, 6) is -0.506. The van der Waals surface area contributed by atoms with Crippen LogP contribution in [0.2, 0.25) is 5.15 Å². The maximum Gasteiger partial charge on any atom is 0.348 e. The van der Waals surface area contributed by atoms with Gasteiger partial charge in [-0.1, -0.05) is 11.6 Å². The molecule has 176 valence electrons. The predicted octanol–water partition coefficient (Wildman–Crippen LogP) is 3.70. The van der Waals surface area contributed by atoms with Crippen LogP contribution in [0.25, 0.3) is 0 Å². The summed E-state index contributed by atoms with van der Waals surface area (Å²) in [4.78, 5) is 16.9. The van der Waals surface area contributed by atoms with Gasteiger partial charge in [0.1, 0.15) is 11.3 Å². The van der Waals surface area contributed by atoms with Gasteiger partial charge in [-0.3, -0.25) is 4.79 Å². The summed E-state index contributed by atoms with van der Waals surface area (Å²) in [6.07, 6.45) is 3.93. The number of aromatic nitrogens is 4. The number of hydrogen-bond acceptors (Lipinski definition) is 6. The number of amides is 1. The monoisotopic (exact) mass is 474 g/mol. The first kappa shape index (κ1) is 24.2. The number of anilines is 1. The first-order valence-electron chi connectivity index (χ1n) is 10.3. The Balaban J connectivity index is 1.61. The van der Waals surface area contributed by atoms with Crippen molar-refractivity contribution in [2.45, 2.75) is 69.8 Å². The van der Waals surface area contributed by atoms with Crippen LogP contribution in [0.3, 0.4) is 0 Å². The molecule has 0 bridgehead atoms. The lowest BCUT2D eigenvalue weighted by molar-refractivity contribution is -0.00178. The molecule has 0 radical (unpaired) electrons. The number of rotatable bonds is 8. The van der Waals surface area contributed by atoms with Crippen molar-refractivity contribution in [1.82, 2.24) is 25.3 Å². The molecule has 0 aliphatic heterocycles. The Hall–Kier alpha value is -2.40. The van der Waals surface area contributed by atoms with E-state index < -0.39 is 24.2 Å². The van der Waals surface area contributed by atoms with E-state index in [-0.39, 0.29) is 29.2 Å². The van der Waals surface area contributed by atoms with E-state index in [4.69, 9.17) is 11.6 Å². The Bertz CT molecular complexity index is 928. The van der Waals surface area contributed by atoms with Crippen molar-refractivity contribution < 1.29 is 23.1 Å². The third kappa shape index (κ3) is 6.10. The van der Waals surface area contributed by atoms with E-state index in [1.165, 1.54) is 32.3 Å². The summed E-state index contributed by atoms with van der Waals surface area (Å²) in [6, 6.07) is 1.55. The Labute approximate surface area is 188 Å². The van der Waals surface area contributed by atoms with Crippen LogP contribution in [0.5, 0.6) is 0 Å². The summed E-state index contributed by atoms with van der Waals surface area (Å²) < 4.78 is 39.4. The Morgan fingerprint density at radius 3 is 2.56 bits per heavy atom. The van der Waals surface area contributed by atoms with Crippen LogP contribution in [-0.2, 0) is 0 Å². The highest BCUT2D eigenvalue weighted by molar-refractivity contribution is 6.29. The van der Waals surface area contributed by atoms with E-state index in [2.05, 4.69) is 25.8 Å². The molecule has 1 atom stereocenters. The molecule has 0 aromatic carbocycles. The molecule has 3 rings (SSSR count). The minimum Gasteiger partial charge on any atom is -0.387 e. The molecule has 2 aromatic heterocycles. The van der Waals surface area contributed by atoms with Crippen molar-refractivity contribution in [2.24, 2.45) is 0 Å². The van der Waals surface area contributed by atoms with Crippen molar-refractivity contribution >= 4 is 23.2 Å². The van der Waals surface area contributed by atoms with Gasteiger partial charge in [-0.2, -0.15) is 19.0 Å². The Kier molecular flexibility index (Phi) is 7.60. The molecule has 1 fully saturated rings. The second-order valence-corrected chi connectivity index (χ2v) is 8.83. The average Bonchev–Trinajstić information content (AvgIpc) is 3.22. The van der Waals surface area contributed by atoms with Crippen LogP contribution >= 0.6 is 11.6 Å². The molecule has 2 heterocycles. The number of alkyl halides is 3. The fraction of sp³-hybridized carbons (Fsp3) is 0.600. The molecule has 12 heteroatoms. The first-order chi connectivity index (χ1) is 15.0. The van der Waals surface area contributed by atoms with E-state index in [9.17, 15) is 23.1 Å². The number of nitrogens with one attached hydrogen (secondary N) is 2. The lowest BCUT2D eigenvalue weighted by Crippen LogP contribution is -2.42. The summed E-state index contributed by atoms with van der Waals surface area (Å²) in [7, 11) is 0.